The minimum Gasteiger partial charge on any atom is -0.373 e. The monoisotopic (exact) mass is 372 g/mol. The second-order valence-corrected chi connectivity index (χ2v) is 4.95. The van der Waals surface area contributed by atoms with Gasteiger partial charge in [-0.1, -0.05) is 12.1 Å². The standard InChI is InChI=1S/C12H12F3IO2/c13-12(14,15)6-1-7-18-8-11(17)9-2-4-10(16)5-3-9/h2-5H,1,6-8H2. The summed E-state index contributed by atoms with van der Waals surface area (Å²) in [5.74, 6) is -0.224. The minimum absolute atomic E-state index is 0.0599. The van der Waals surface area contributed by atoms with Crippen molar-refractivity contribution in [3.05, 3.63) is 33.4 Å². The van der Waals surface area contributed by atoms with Gasteiger partial charge in [0.25, 0.3) is 0 Å². The number of ether oxygens (including phenoxy) is 1. The first-order valence-electron chi connectivity index (χ1n) is 5.32. The average molecular weight is 372 g/mol. The van der Waals surface area contributed by atoms with Gasteiger partial charge in [0.05, 0.1) is 0 Å². The molecular weight excluding hydrogens is 360 g/mol. The molecule has 1 aromatic carbocycles. The predicted octanol–water partition coefficient (Wildman–Crippen LogP) is 3.83. The second-order valence-electron chi connectivity index (χ2n) is 3.70. The van der Waals surface area contributed by atoms with E-state index < -0.39 is 12.6 Å². The molecule has 0 heterocycles. The quantitative estimate of drug-likeness (QED) is 0.431. The first-order valence-corrected chi connectivity index (χ1v) is 6.39. The Labute approximate surface area is 117 Å². The van der Waals surface area contributed by atoms with Gasteiger partial charge in [0.15, 0.2) is 5.78 Å². The van der Waals surface area contributed by atoms with Crippen molar-refractivity contribution in [1.82, 2.24) is 0 Å². The molecule has 0 fully saturated rings. The Morgan fingerprint density at radius 1 is 1.22 bits per heavy atom. The Hall–Kier alpha value is -0.630. The molecule has 0 saturated heterocycles. The van der Waals surface area contributed by atoms with E-state index in [1.165, 1.54) is 0 Å². The maximum Gasteiger partial charge on any atom is 0.389 e. The molecule has 0 aliphatic heterocycles. The summed E-state index contributed by atoms with van der Waals surface area (Å²) in [7, 11) is 0. The molecule has 1 rings (SSSR count). The number of Topliss-reactive ketones (excluding diaryl/α,β-unsaturated/α-hetero) is 1. The van der Waals surface area contributed by atoms with Gasteiger partial charge in [-0.2, -0.15) is 13.2 Å². The number of hydrogen-bond donors (Lipinski definition) is 0. The number of hydrogen-bond acceptors (Lipinski definition) is 2. The third-order valence-electron chi connectivity index (χ3n) is 2.15. The fraction of sp³-hybridized carbons (Fsp3) is 0.417. The van der Waals surface area contributed by atoms with Crippen LogP contribution in [0.5, 0.6) is 0 Å². The van der Waals surface area contributed by atoms with Crippen LogP contribution in [0.25, 0.3) is 0 Å². The Kier molecular flexibility index (Phi) is 6.07. The Bertz CT molecular complexity index is 387. The molecule has 0 aliphatic carbocycles. The number of ketones is 1. The molecule has 6 heteroatoms. The van der Waals surface area contributed by atoms with Crippen LogP contribution in [0.2, 0.25) is 0 Å². The largest absolute Gasteiger partial charge is 0.389 e. The van der Waals surface area contributed by atoms with Crippen LogP contribution in [0.1, 0.15) is 23.2 Å². The molecule has 0 unspecified atom stereocenters. The van der Waals surface area contributed by atoms with Crippen LogP contribution in [0.3, 0.4) is 0 Å². The summed E-state index contributed by atoms with van der Waals surface area (Å²) in [4.78, 5) is 11.6. The lowest BCUT2D eigenvalue weighted by molar-refractivity contribution is -0.137. The summed E-state index contributed by atoms with van der Waals surface area (Å²) in [5.41, 5.74) is 0.506. The highest BCUT2D eigenvalue weighted by Crippen LogP contribution is 2.21. The molecule has 100 valence electrons. The molecule has 2 nitrogen and oxygen atoms in total. The topological polar surface area (TPSA) is 26.3 Å². The predicted molar refractivity (Wildman–Crippen MR) is 69.6 cm³/mol. The lowest BCUT2D eigenvalue weighted by Gasteiger charge is -2.06. The summed E-state index contributed by atoms with van der Waals surface area (Å²) >= 11 is 2.12. The van der Waals surface area contributed by atoms with Gasteiger partial charge in [0.2, 0.25) is 0 Å². The number of halogens is 4. The summed E-state index contributed by atoms with van der Waals surface area (Å²) in [6, 6.07) is 6.92. The molecule has 0 radical (unpaired) electrons. The zero-order chi connectivity index (χ0) is 13.6. The van der Waals surface area contributed by atoms with E-state index in [1.54, 1.807) is 24.3 Å². The van der Waals surface area contributed by atoms with Gasteiger partial charge in [-0.25, -0.2) is 0 Å². The number of carbonyl (C=O) groups excluding carboxylic acids is 1. The van der Waals surface area contributed by atoms with Crippen molar-refractivity contribution < 1.29 is 22.7 Å². The van der Waals surface area contributed by atoms with E-state index in [9.17, 15) is 18.0 Å². The third-order valence-corrected chi connectivity index (χ3v) is 2.87. The fourth-order valence-corrected chi connectivity index (χ4v) is 1.62. The molecule has 18 heavy (non-hydrogen) atoms. The van der Waals surface area contributed by atoms with Crippen LogP contribution in [-0.2, 0) is 4.74 Å². The van der Waals surface area contributed by atoms with Crippen molar-refractivity contribution in [2.75, 3.05) is 13.2 Å². The van der Waals surface area contributed by atoms with Crippen molar-refractivity contribution >= 4 is 28.4 Å². The maximum absolute atomic E-state index is 11.8. The van der Waals surface area contributed by atoms with E-state index in [2.05, 4.69) is 22.6 Å². The number of alkyl halides is 3. The van der Waals surface area contributed by atoms with E-state index in [1.807, 2.05) is 0 Å². The first kappa shape index (κ1) is 15.4. The number of rotatable bonds is 6. The van der Waals surface area contributed by atoms with Gasteiger partial charge in [0.1, 0.15) is 6.61 Å². The molecule has 0 bridgehead atoms. The molecule has 0 N–H and O–H groups in total. The highest BCUT2D eigenvalue weighted by molar-refractivity contribution is 14.1. The summed E-state index contributed by atoms with van der Waals surface area (Å²) in [6.07, 6.45) is -5.17. The molecule has 1 aromatic rings. The highest BCUT2D eigenvalue weighted by Gasteiger charge is 2.25. The average Bonchev–Trinajstić information content (AvgIpc) is 2.27. The van der Waals surface area contributed by atoms with Crippen molar-refractivity contribution in [3.8, 4) is 0 Å². The van der Waals surface area contributed by atoms with Gasteiger partial charge in [-0.3, -0.25) is 4.79 Å². The lowest BCUT2D eigenvalue weighted by atomic mass is 10.1. The molecule has 0 saturated carbocycles. The zero-order valence-corrected chi connectivity index (χ0v) is 11.6. The van der Waals surface area contributed by atoms with Crippen molar-refractivity contribution in [2.45, 2.75) is 19.0 Å². The van der Waals surface area contributed by atoms with Crippen LogP contribution in [0.15, 0.2) is 24.3 Å². The summed E-state index contributed by atoms with van der Waals surface area (Å²) in [6.45, 7) is -0.242. The van der Waals surface area contributed by atoms with E-state index in [-0.39, 0.29) is 25.4 Å². The summed E-state index contributed by atoms with van der Waals surface area (Å²) < 4.78 is 41.4. The highest BCUT2D eigenvalue weighted by atomic mass is 127. The van der Waals surface area contributed by atoms with E-state index in [0.717, 1.165) is 3.57 Å². The molecule has 0 amide bonds. The molecule has 0 aliphatic rings. The maximum atomic E-state index is 11.8. The van der Waals surface area contributed by atoms with Crippen LogP contribution >= 0.6 is 22.6 Å². The van der Waals surface area contributed by atoms with Crippen LogP contribution in [0, 0.1) is 3.57 Å². The normalized spacial score (nSPS) is 11.6. The van der Waals surface area contributed by atoms with Gasteiger partial charge in [0, 0.05) is 22.2 Å². The van der Waals surface area contributed by atoms with E-state index in [4.69, 9.17) is 4.74 Å². The molecule has 0 spiro atoms. The Morgan fingerprint density at radius 2 is 1.83 bits per heavy atom. The fourth-order valence-electron chi connectivity index (χ4n) is 1.26. The second kappa shape index (κ2) is 7.08. The van der Waals surface area contributed by atoms with Crippen molar-refractivity contribution in [3.63, 3.8) is 0 Å². The number of benzene rings is 1. The van der Waals surface area contributed by atoms with Crippen LogP contribution in [-0.4, -0.2) is 25.2 Å². The molecule has 0 aromatic heterocycles. The van der Waals surface area contributed by atoms with Gasteiger partial charge in [-0.15, -0.1) is 0 Å². The third kappa shape index (κ3) is 6.34. The minimum atomic E-state index is -4.16. The Morgan fingerprint density at radius 3 is 2.39 bits per heavy atom. The SMILES string of the molecule is O=C(COCCCC(F)(F)F)c1ccc(I)cc1. The van der Waals surface area contributed by atoms with Crippen LogP contribution in [0.4, 0.5) is 13.2 Å². The summed E-state index contributed by atoms with van der Waals surface area (Å²) in [5, 5.41) is 0. The van der Waals surface area contributed by atoms with Crippen LogP contribution < -0.4 is 0 Å². The zero-order valence-electron chi connectivity index (χ0n) is 9.47. The lowest BCUT2D eigenvalue weighted by Crippen LogP contribution is -2.12. The van der Waals surface area contributed by atoms with Gasteiger partial charge in [-0.05, 0) is 41.1 Å². The molecular formula is C12H12F3IO2. The van der Waals surface area contributed by atoms with Gasteiger partial charge >= 0.3 is 6.18 Å². The number of carbonyl (C=O) groups is 1. The smallest absolute Gasteiger partial charge is 0.373 e. The molecule has 0 atom stereocenters. The van der Waals surface area contributed by atoms with Gasteiger partial charge < -0.3 is 4.74 Å². The van der Waals surface area contributed by atoms with E-state index >= 15 is 0 Å². The first-order chi connectivity index (χ1) is 8.38. The van der Waals surface area contributed by atoms with E-state index in [0.29, 0.717) is 5.56 Å². The van der Waals surface area contributed by atoms with Crippen molar-refractivity contribution in [1.29, 1.82) is 0 Å². The van der Waals surface area contributed by atoms with Crippen molar-refractivity contribution in [2.24, 2.45) is 0 Å². The Balaban J connectivity index is 2.24.